The summed E-state index contributed by atoms with van der Waals surface area (Å²) in [5.41, 5.74) is 0.420. The van der Waals surface area contributed by atoms with Gasteiger partial charge in [0, 0.05) is 6.04 Å². The molecule has 0 aliphatic rings. The lowest BCUT2D eigenvalue weighted by molar-refractivity contribution is 0.418. The van der Waals surface area contributed by atoms with Crippen molar-refractivity contribution in [3.05, 3.63) is 35.1 Å². The lowest BCUT2D eigenvalue weighted by Gasteiger charge is -2.20. The molecular weight excluding hydrogens is 203 g/mol. The molecule has 1 rings (SSSR count). The molecule has 0 spiro atoms. The van der Waals surface area contributed by atoms with Crippen molar-refractivity contribution < 1.29 is 13.2 Å². The van der Waals surface area contributed by atoms with Crippen LogP contribution in [0.1, 0.15) is 25.5 Å². The Balaban J connectivity index is 3.14. The van der Waals surface area contributed by atoms with Gasteiger partial charge in [0.15, 0.2) is 17.5 Å². The third kappa shape index (κ3) is 2.50. The minimum absolute atomic E-state index is 0.166. The van der Waals surface area contributed by atoms with Gasteiger partial charge in [-0.05, 0) is 30.7 Å². The van der Waals surface area contributed by atoms with E-state index in [2.05, 4.69) is 5.32 Å². The Morgan fingerprint density at radius 1 is 1.07 bits per heavy atom. The summed E-state index contributed by atoms with van der Waals surface area (Å²) in [5, 5.41) is 2.94. The molecule has 0 heterocycles. The number of rotatable bonds is 3. The van der Waals surface area contributed by atoms with Gasteiger partial charge in [-0.25, -0.2) is 13.2 Å². The van der Waals surface area contributed by atoms with E-state index >= 15 is 0 Å². The molecule has 0 aromatic heterocycles. The molecule has 0 bridgehead atoms. The second-order valence-corrected chi connectivity index (χ2v) is 3.81. The Labute approximate surface area is 87.3 Å². The number of hydrogen-bond acceptors (Lipinski definition) is 1. The highest BCUT2D eigenvalue weighted by Crippen LogP contribution is 2.24. The average molecular weight is 217 g/mol. The molecule has 0 radical (unpaired) electrons. The van der Waals surface area contributed by atoms with Crippen LogP contribution >= 0.6 is 0 Å². The van der Waals surface area contributed by atoms with E-state index in [0.717, 1.165) is 12.1 Å². The summed E-state index contributed by atoms with van der Waals surface area (Å²) in [6.07, 6.45) is 0. The molecule has 0 amide bonds. The van der Waals surface area contributed by atoms with Crippen molar-refractivity contribution in [2.75, 3.05) is 7.05 Å². The fourth-order valence-corrected chi connectivity index (χ4v) is 1.64. The normalized spacial score (nSPS) is 13.3. The Morgan fingerprint density at radius 3 is 1.87 bits per heavy atom. The molecule has 1 atom stereocenters. The summed E-state index contributed by atoms with van der Waals surface area (Å²) in [7, 11) is 1.70. The van der Waals surface area contributed by atoms with Gasteiger partial charge in [-0.15, -0.1) is 0 Å². The van der Waals surface area contributed by atoms with Gasteiger partial charge >= 0.3 is 0 Å². The second-order valence-electron chi connectivity index (χ2n) is 3.81. The Kier molecular flexibility index (Phi) is 3.74. The standard InChI is InChI=1S/C11H14F3N/c1-6(2)11(15-3)7-4-8(12)10(14)9(13)5-7/h4-6,11,15H,1-3H3. The van der Waals surface area contributed by atoms with E-state index in [1.54, 1.807) is 7.05 Å². The van der Waals surface area contributed by atoms with Gasteiger partial charge in [-0.2, -0.15) is 0 Å². The van der Waals surface area contributed by atoms with Gasteiger partial charge in [-0.3, -0.25) is 0 Å². The fourth-order valence-electron chi connectivity index (χ4n) is 1.64. The van der Waals surface area contributed by atoms with E-state index in [4.69, 9.17) is 0 Å². The lowest BCUT2D eigenvalue weighted by Crippen LogP contribution is -2.22. The molecular formula is C11H14F3N. The first kappa shape index (κ1) is 12.0. The van der Waals surface area contributed by atoms with Gasteiger partial charge in [-0.1, -0.05) is 13.8 Å². The fraction of sp³-hybridized carbons (Fsp3) is 0.455. The highest BCUT2D eigenvalue weighted by molar-refractivity contribution is 5.23. The maximum Gasteiger partial charge on any atom is 0.194 e. The number of benzene rings is 1. The minimum atomic E-state index is -1.42. The van der Waals surface area contributed by atoms with Crippen LogP contribution in [0.5, 0.6) is 0 Å². The number of halogens is 3. The molecule has 0 aliphatic heterocycles. The maximum atomic E-state index is 13.0. The van der Waals surface area contributed by atoms with E-state index in [-0.39, 0.29) is 12.0 Å². The van der Waals surface area contributed by atoms with Crippen LogP contribution in [0.25, 0.3) is 0 Å². The van der Waals surface area contributed by atoms with Crippen LogP contribution in [0.3, 0.4) is 0 Å². The zero-order valence-corrected chi connectivity index (χ0v) is 8.94. The van der Waals surface area contributed by atoms with Gasteiger partial charge in [0.1, 0.15) is 0 Å². The van der Waals surface area contributed by atoms with Crippen molar-refractivity contribution in [3.8, 4) is 0 Å². The molecule has 1 N–H and O–H groups in total. The van der Waals surface area contributed by atoms with Crippen molar-refractivity contribution in [3.63, 3.8) is 0 Å². The predicted octanol–water partition coefficient (Wildman–Crippen LogP) is 3.02. The summed E-state index contributed by atoms with van der Waals surface area (Å²) >= 11 is 0. The van der Waals surface area contributed by atoms with E-state index in [1.165, 1.54) is 0 Å². The maximum absolute atomic E-state index is 13.0. The zero-order chi connectivity index (χ0) is 11.6. The van der Waals surface area contributed by atoms with E-state index in [9.17, 15) is 13.2 Å². The van der Waals surface area contributed by atoms with Gasteiger partial charge < -0.3 is 5.32 Å². The number of hydrogen-bond donors (Lipinski definition) is 1. The van der Waals surface area contributed by atoms with Crippen molar-refractivity contribution >= 4 is 0 Å². The molecule has 15 heavy (non-hydrogen) atoms. The summed E-state index contributed by atoms with van der Waals surface area (Å²) in [4.78, 5) is 0. The zero-order valence-electron chi connectivity index (χ0n) is 8.94. The second kappa shape index (κ2) is 4.66. The molecule has 1 aromatic carbocycles. The quantitative estimate of drug-likeness (QED) is 0.767. The molecule has 0 saturated heterocycles. The van der Waals surface area contributed by atoms with E-state index in [1.807, 2.05) is 13.8 Å². The highest BCUT2D eigenvalue weighted by Gasteiger charge is 2.18. The Morgan fingerprint density at radius 2 is 1.53 bits per heavy atom. The Bertz CT molecular complexity index is 327. The van der Waals surface area contributed by atoms with Crippen molar-refractivity contribution in [1.82, 2.24) is 5.32 Å². The summed E-state index contributed by atoms with van der Waals surface area (Å²) in [6.45, 7) is 3.83. The molecule has 1 nitrogen and oxygen atoms in total. The third-order valence-electron chi connectivity index (χ3n) is 2.34. The Hall–Kier alpha value is -1.03. The van der Waals surface area contributed by atoms with E-state index < -0.39 is 17.5 Å². The summed E-state index contributed by atoms with van der Waals surface area (Å²) < 4.78 is 38.6. The SMILES string of the molecule is CNC(c1cc(F)c(F)c(F)c1)C(C)C. The van der Waals surface area contributed by atoms with Gasteiger partial charge in [0.2, 0.25) is 0 Å². The highest BCUT2D eigenvalue weighted by atomic mass is 19.2. The van der Waals surface area contributed by atoms with Crippen molar-refractivity contribution in [1.29, 1.82) is 0 Å². The monoisotopic (exact) mass is 217 g/mol. The molecule has 4 heteroatoms. The average Bonchev–Trinajstić information content (AvgIpc) is 2.14. The van der Waals surface area contributed by atoms with Crippen LogP contribution in [-0.2, 0) is 0 Å². The van der Waals surface area contributed by atoms with Crippen molar-refractivity contribution in [2.24, 2.45) is 5.92 Å². The topological polar surface area (TPSA) is 12.0 Å². The molecule has 1 unspecified atom stereocenters. The largest absolute Gasteiger partial charge is 0.313 e. The predicted molar refractivity (Wildman–Crippen MR) is 53.0 cm³/mol. The van der Waals surface area contributed by atoms with Crippen LogP contribution in [0, 0.1) is 23.4 Å². The summed E-state index contributed by atoms with van der Waals surface area (Å²) in [5.74, 6) is -3.55. The lowest BCUT2D eigenvalue weighted by atomic mass is 9.96. The van der Waals surface area contributed by atoms with Crippen LogP contribution < -0.4 is 5.32 Å². The number of nitrogens with one attached hydrogen (secondary N) is 1. The third-order valence-corrected chi connectivity index (χ3v) is 2.34. The first-order chi connectivity index (χ1) is 6.97. The smallest absolute Gasteiger partial charge is 0.194 e. The molecule has 0 aliphatic carbocycles. The van der Waals surface area contributed by atoms with Crippen LogP contribution in [0.15, 0.2) is 12.1 Å². The molecule has 1 aromatic rings. The molecule has 0 saturated carbocycles. The van der Waals surface area contributed by atoms with Gasteiger partial charge in [0.05, 0.1) is 0 Å². The molecule has 84 valence electrons. The van der Waals surface area contributed by atoms with Crippen LogP contribution in [-0.4, -0.2) is 7.05 Å². The molecule has 0 fully saturated rings. The first-order valence-corrected chi connectivity index (χ1v) is 4.79. The van der Waals surface area contributed by atoms with Crippen LogP contribution in [0.4, 0.5) is 13.2 Å². The van der Waals surface area contributed by atoms with Gasteiger partial charge in [0.25, 0.3) is 0 Å². The first-order valence-electron chi connectivity index (χ1n) is 4.79. The van der Waals surface area contributed by atoms with Crippen molar-refractivity contribution in [2.45, 2.75) is 19.9 Å². The summed E-state index contributed by atoms with van der Waals surface area (Å²) in [6, 6.07) is 1.87. The van der Waals surface area contributed by atoms with Crippen LogP contribution in [0.2, 0.25) is 0 Å². The minimum Gasteiger partial charge on any atom is -0.313 e. The van der Waals surface area contributed by atoms with E-state index in [0.29, 0.717) is 5.56 Å².